The summed E-state index contributed by atoms with van der Waals surface area (Å²) in [7, 11) is 0. The van der Waals surface area contributed by atoms with Gasteiger partial charge in [-0.15, -0.1) is 5.73 Å². The molecule has 0 saturated heterocycles. The third-order valence-corrected chi connectivity index (χ3v) is 2.29. The van der Waals surface area contributed by atoms with Gasteiger partial charge in [-0.25, -0.2) is 4.79 Å². The minimum Gasteiger partial charge on any atom is -0.450 e. The van der Waals surface area contributed by atoms with Crippen molar-refractivity contribution in [3.05, 3.63) is 53.3 Å². The van der Waals surface area contributed by atoms with Crippen LogP contribution < -0.4 is 0 Å². The zero-order chi connectivity index (χ0) is 10.1. The van der Waals surface area contributed by atoms with Crippen molar-refractivity contribution in [2.24, 2.45) is 0 Å². The van der Waals surface area contributed by atoms with E-state index in [2.05, 4.69) is 12.3 Å². The van der Waals surface area contributed by atoms with Crippen LogP contribution in [0.15, 0.2) is 53.3 Å². The van der Waals surface area contributed by atoms with Crippen molar-refractivity contribution in [3.63, 3.8) is 0 Å². The largest absolute Gasteiger partial charge is 0.450 e. The summed E-state index contributed by atoms with van der Waals surface area (Å²) in [6.07, 6.45) is 6.68. The Kier molecular flexibility index (Phi) is 1.99. The van der Waals surface area contributed by atoms with E-state index in [1.54, 1.807) is 0 Å². The van der Waals surface area contributed by atoms with Gasteiger partial charge in [0.15, 0.2) is 0 Å². The smallest absolute Gasteiger partial charge is 0.331 e. The van der Waals surface area contributed by atoms with Gasteiger partial charge in [0.1, 0.15) is 6.10 Å². The van der Waals surface area contributed by atoms with Crippen LogP contribution >= 0.6 is 0 Å². The predicted octanol–water partition coefficient (Wildman–Crippen LogP) is 2.07. The molecule has 0 spiro atoms. The minimum atomic E-state index is -0.392. The van der Waals surface area contributed by atoms with Crippen LogP contribution in [0, 0.1) is 0 Å². The molecule has 70 valence electrons. The summed E-state index contributed by atoms with van der Waals surface area (Å²) in [6, 6.07) is 0. The highest BCUT2D eigenvalue weighted by Crippen LogP contribution is 2.32. The van der Waals surface area contributed by atoms with Gasteiger partial charge >= 0.3 is 5.97 Å². The zero-order valence-electron chi connectivity index (χ0n) is 7.91. The Morgan fingerprint density at radius 3 is 3.14 bits per heavy atom. The van der Waals surface area contributed by atoms with Crippen LogP contribution in [0.1, 0.15) is 6.92 Å². The van der Waals surface area contributed by atoms with Crippen LogP contribution in [0.4, 0.5) is 0 Å². The Morgan fingerprint density at radius 1 is 1.64 bits per heavy atom. The first kappa shape index (κ1) is 8.79. The van der Waals surface area contributed by atoms with Gasteiger partial charge in [0.25, 0.3) is 0 Å². The zero-order valence-corrected chi connectivity index (χ0v) is 7.91. The van der Waals surface area contributed by atoms with Crippen molar-refractivity contribution in [3.8, 4) is 0 Å². The lowest BCUT2D eigenvalue weighted by molar-refractivity contribution is -0.139. The van der Waals surface area contributed by atoms with Gasteiger partial charge in [-0.2, -0.15) is 0 Å². The van der Waals surface area contributed by atoms with Gasteiger partial charge in [-0.3, -0.25) is 0 Å². The average molecular weight is 186 g/mol. The van der Waals surface area contributed by atoms with E-state index in [1.165, 1.54) is 6.08 Å². The molecule has 14 heavy (non-hydrogen) atoms. The van der Waals surface area contributed by atoms with Crippen molar-refractivity contribution in [2.75, 3.05) is 0 Å². The summed E-state index contributed by atoms with van der Waals surface area (Å²) in [4.78, 5) is 11.1. The maximum Gasteiger partial charge on any atom is 0.331 e. The van der Waals surface area contributed by atoms with E-state index in [0.717, 1.165) is 16.7 Å². The van der Waals surface area contributed by atoms with Crippen LogP contribution in [0.5, 0.6) is 0 Å². The number of hydrogen-bond acceptors (Lipinski definition) is 2. The lowest BCUT2D eigenvalue weighted by Gasteiger charge is -2.14. The van der Waals surface area contributed by atoms with Crippen LogP contribution in [-0.2, 0) is 9.53 Å². The Balaban J connectivity index is 2.21. The van der Waals surface area contributed by atoms with Gasteiger partial charge in [0.2, 0.25) is 0 Å². The van der Waals surface area contributed by atoms with Gasteiger partial charge in [0.05, 0.1) is 0 Å². The number of carbonyl (C=O) groups is 1. The molecule has 2 aliphatic rings. The molecule has 0 N–H and O–H groups in total. The summed E-state index contributed by atoms with van der Waals surface area (Å²) in [5.74, 6) is -0.392. The van der Waals surface area contributed by atoms with E-state index >= 15 is 0 Å². The molecular weight excluding hydrogens is 176 g/mol. The molecule has 0 heterocycles. The Hall–Kier alpha value is -1.79. The van der Waals surface area contributed by atoms with Crippen molar-refractivity contribution >= 4 is 5.97 Å². The first-order valence-electron chi connectivity index (χ1n) is 4.40. The van der Waals surface area contributed by atoms with Crippen molar-refractivity contribution < 1.29 is 9.53 Å². The normalized spacial score (nSPS) is 22.4. The molecule has 0 bridgehead atoms. The second-order valence-electron chi connectivity index (χ2n) is 3.28. The third kappa shape index (κ3) is 1.26. The second kappa shape index (κ2) is 3.17. The van der Waals surface area contributed by atoms with E-state index in [4.69, 9.17) is 4.74 Å². The number of rotatable bonds is 2. The topological polar surface area (TPSA) is 26.3 Å². The van der Waals surface area contributed by atoms with E-state index in [9.17, 15) is 4.79 Å². The fraction of sp³-hybridized carbons (Fsp3) is 0.167. The average Bonchev–Trinajstić information content (AvgIpc) is 2.70. The molecule has 0 fully saturated rings. The Labute approximate surface area is 82.6 Å². The molecule has 0 aromatic rings. The van der Waals surface area contributed by atoms with Crippen LogP contribution in [0.25, 0.3) is 0 Å². The Morgan fingerprint density at radius 2 is 2.43 bits per heavy atom. The lowest BCUT2D eigenvalue weighted by atomic mass is 10.1. The highest BCUT2D eigenvalue weighted by atomic mass is 16.5. The van der Waals surface area contributed by atoms with Gasteiger partial charge in [0, 0.05) is 11.6 Å². The molecule has 0 aromatic heterocycles. The quantitative estimate of drug-likeness (QED) is 0.375. The predicted molar refractivity (Wildman–Crippen MR) is 53.5 cm³/mol. The lowest BCUT2D eigenvalue weighted by Crippen LogP contribution is -2.17. The summed E-state index contributed by atoms with van der Waals surface area (Å²) in [6.45, 7) is 5.31. The highest BCUT2D eigenvalue weighted by Gasteiger charge is 2.26. The number of esters is 1. The molecule has 0 saturated carbocycles. The molecule has 0 aromatic carbocycles. The molecule has 0 radical (unpaired) electrons. The molecule has 2 rings (SSSR count). The summed E-state index contributed by atoms with van der Waals surface area (Å²) < 4.78 is 5.21. The molecule has 2 nitrogen and oxygen atoms in total. The minimum absolute atomic E-state index is 0.248. The van der Waals surface area contributed by atoms with Crippen molar-refractivity contribution in [1.82, 2.24) is 0 Å². The molecule has 1 unspecified atom stereocenters. The maximum atomic E-state index is 11.1. The monoisotopic (exact) mass is 186 g/mol. The van der Waals surface area contributed by atoms with Gasteiger partial charge in [-0.1, -0.05) is 12.7 Å². The van der Waals surface area contributed by atoms with Crippen LogP contribution in [0.3, 0.4) is 0 Å². The fourth-order valence-electron chi connectivity index (χ4n) is 1.63. The van der Waals surface area contributed by atoms with Crippen molar-refractivity contribution in [1.29, 1.82) is 0 Å². The van der Waals surface area contributed by atoms with E-state index in [-0.39, 0.29) is 6.10 Å². The third-order valence-electron chi connectivity index (χ3n) is 2.29. The molecule has 1 atom stereocenters. The number of allylic oxidation sites excluding steroid dienone is 2. The molecular formula is C12H10O2. The van der Waals surface area contributed by atoms with Gasteiger partial charge < -0.3 is 4.74 Å². The standard InChI is InChI=1S/C12H10O2/c1-3-11(13)14-12-8(2)7-9-5-4-6-10(9)12/h3,5-7,12H,1H2,2H3. The molecule has 2 aliphatic carbocycles. The first-order valence-corrected chi connectivity index (χ1v) is 4.40. The fourth-order valence-corrected chi connectivity index (χ4v) is 1.63. The number of carbonyl (C=O) groups excluding carboxylic acids is 1. The van der Waals surface area contributed by atoms with Crippen molar-refractivity contribution in [2.45, 2.75) is 13.0 Å². The number of hydrogen-bond donors (Lipinski definition) is 0. The van der Waals surface area contributed by atoms with E-state index in [0.29, 0.717) is 0 Å². The summed E-state index contributed by atoms with van der Waals surface area (Å²) in [5.41, 5.74) is 6.12. The SMILES string of the molecule is C=CC(=O)OC1C(C)=CC2=C1C=C=C2. The van der Waals surface area contributed by atoms with E-state index in [1.807, 2.05) is 25.2 Å². The summed E-state index contributed by atoms with van der Waals surface area (Å²) >= 11 is 0. The summed E-state index contributed by atoms with van der Waals surface area (Å²) in [5, 5.41) is 0. The van der Waals surface area contributed by atoms with E-state index < -0.39 is 5.97 Å². The van der Waals surface area contributed by atoms with Gasteiger partial charge in [-0.05, 0) is 30.2 Å². The molecule has 0 aliphatic heterocycles. The molecule has 0 amide bonds. The highest BCUT2D eigenvalue weighted by molar-refractivity contribution is 5.82. The second-order valence-corrected chi connectivity index (χ2v) is 3.28. The first-order chi connectivity index (χ1) is 6.72. The maximum absolute atomic E-state index is 11.1. The molecule has 2 heteroatoms. The van der Waals surface area contributed by atoms with Crippen LogP contribution in [0.2, 0.25) is 0 Å². The van der Waals surface area contributed by atoms with Crippen LogP contribution in [-0.4, -0.2) is 12.1 Å². The number of ether oxygens (including phenoxy) is 1. The Bertz CT molecular complexity index is 429.